The Morgan fingerprint density at radius 3 is 2.85 bits per heavy atom. The van der Waals surface area contributed by atoms with E-state index in [2.05, 4.69) is 26.2 Å². The smallest absolute Gasteiger partial charge is 0.286 e. The van der Waals surface area contributed by atoms with Gasteiger partial charge in [0.1, 0.15) is 0 Å². The second-order valence-corrected chi connectivity index (χ2v) is 5.59. The quantitative estimate of drug-likeness (QED) is 0.623. The van der Waals surface area contributed by atoms with Crippen molar-refractivity contribution in [2.45, 2.75) is 12.8 Å². The van der Waals surface area contributed by atoms with Crippen LogP contribution in [0.4, 0.5) is 5.69 Å². The van der Waals surface area contributed by atoms with Gasteiger partial charge >= 0.3 is 0 Å². The highest BCUT2D eigenvalue weighted by Crippen LogP contribution is 2.19. The van der Waals surface area contributed by atoms with Gasteiger partial charge in [0.15, 0.2) is 11.6 Å². The van der Waals surface area contributed by atoms with Gasteiger partial charge in [0.2, 0.25) is 5.91 Å². The molecule has 0 radical (unpaired) electrons. The van der Waals surface area contributed by atoms with Gasteiger partial charge in [-0.3, -0.25) is 9.59 Å². The minimum absolute atomic E-state index is 0.134. The Morgan fingerprint density at radius 2 is 2.12 bits per heavy atom. The van der Waals surface area contributed by atoms with E-state index in [-0.39, 0.29) is 24.0 Å². The van der Waals surface area contributed by atoms with Crippen molar-refractivity contribution in [1.82, 2.24) is 25.5 Å². The topological polar surface area (TPSA) is 115 Å². The lowest BCUT2D eigenvalue weighted by atomic mass is 10.2. The van der Waals surface area contributed by atoms with Crippen molar-refractivity contribution in [2.24, 2.45) is 7.05 Å². The highest BCUT2D eigenvalue weighted by molar-refractivity contribution is 5.92. The van der Waals surface area contributed by atoms with E-state index >= 15 is 0 Å². The van der Waals surface area contributed by atoms with Gasteiger partial charge in [-0.15, -0.1) is 5.10 Å². The highest BCUT2D eigenvalue weighted by atomic mass is 16.3. The summed E-state index contributed by atoms with van der Waals surface area (Å²) in [5, 5.41) is 16.9. The van der Waals surface area contributed by atoms with Crippen molar-refractivity contribution < 1.29 is 14.0 Å². The van der Waals surface area contributed by atoms with Gasteiger partial charge in [-0.25, -0.2) is 4.68 Å². The molecule has 2 heterocycles. The first kappa shape index (κ1) is 17.3. The van der Waals surface area contributed by atoms with Gasteiger partial charge in [-0.1, -0.05) is 12.1 Å². The summed E-state index contributed by atoms with van der Waals surface area (Å²) in [6, 6.07) is 10.5. The fraction of sp³-hybridized carbons (Fsp3) is 0.235. The van der Waals surface area contributed by atoms with Crippen LogP contribution in [0.2, 0.25) is 0 Å². The highest BCUT2D eigenvalue weighted by Gasteiger charge is 2.09. The Bertz CT molecular complexity index is 888. The maximum absolute atomic E-state index is 12.1. The zero-order valence-electron chi connectivity index (χ0n) is 14.2. The number of anilines is 1. The predicted molar refractivity (Wildman–Crippen MR) is 93.1 cm³/mol. The molecule has 2 N–H and O–H groups in total. The van der Waals surface area contributed by atoms with E-state index in [4.69, 9.17) is 4.42 Å². The Morgan fingerprint density at radius 1 is 1.23 bits per heavy atom. The molecule has 3 aromatic rings. The molecular formula is C17H18N6O3. The first-order valence-corrected chi connectivity index (χ1v) is 8.08. The van der Waals surface area contributed by atoms with Crippen molar-refractivity contribution in [2.75, 3.05) is 11.9 Å². The minimum atomic E-state index is -0.291. The van der Waals surface area contributed by atoms with Gasteiger partial charge < -0.3 is 15.1 Å². The molecule has 0 spiro atoms. The van der Waals surface area contributed by atoms with E-state index < -0.39 is 0 Å². The number of aromatic nitrogens is 4. The fourth-order valence-corrected chi connectivity index (χ4v) is 2.38. The third-order valence-electron chi connectivity index (χ3n) is 3.64. The molecule has 0 unspecified atom stereocenters. The summed E-state index contributed by atoms with van der Waals surface area (Å²) in [6.07, 6.45) is 2.24. The molecule has 1 aromatic carbocycles. The molecule has 9 nitrogen and oxygen atoms in total. The molecule has 134 valence electrons. The van der Waals surface area contributed by atoms with E-state index in [9.17, 15) is 9.59 Å². The van der Waals surface area contributed by atoms with Crippen molar-refractivity contribution in [3.63, 3.8) is 0 Å². The number of hydrogen-bond donors (Lipinski definition) is 2. The lowest BCUT2D eigenvalue weighted by Crippen LogP contribution is -2.25. The zero-order valence-corrected chi connectivity index (χ0v) is 14.2. The summed E-state index contributed by atoms with van der Waals surface area (Å²) in [6.45, 7) is 0.387. The summed E-state index contributed by atoms with van der Waals surface area (Å²) in [5.74, 6) is 0.442. The van der Waals surface area contributed by atoms with Crippen LogP contribution in [0.15, 0.2) is 47.1 Å². The molecule has 0 aliphatic heterocycles. The van der Waals surface area contributed by atoms with Crippen molar-refractivity contribution in [3.8, 4) is 11.4 Å². The summed E-state index contributed by atoms with van der Waals surface area (Å²) in [5.41, 5.74) is 1.47. The van der Waals surface area contributed by atoms with Gasteiger partial charge in [0.25, 0.3) is 5.91 Å². The standard InChI is InChI=1S/C17H18N6O3/c1-23-16(20-21-22-23)12-5-2-6-13(11-12)19-15(24)8-3-9-18-17(25)14-7-4-10-26-14/h2,4-7,10-11H,3,8-9H2,1H3,(H,18,25)(H,19,24). The molecule has 0 aliphatic rings. The van der Waals surface area contributed by atoms with Crippen LogP contribution in [0.1, 0.15) is 23.4 Å². The molecule has 0 aliphatic carbocycles. The molecule has 3 rings (SSSR count). The third-order valence-corrected chi connectivity index (χ3v) is 3.64. The molecule has 2 amide bonds. The average molecular weight is 354 g/mol. The molecule has 2 aromatic heterocycles. The Labute approximate surface area is 149 Å². The Hall–Kier alpha value is -3.49. The molecule has 9 heteroatoms. The second kappa shape index (κ2) is 8.06. The number of aryl methyl sites for hydroxylation is 1. The zero-order chi connectivity index (χ0) is 18.4. The number of nitrogens with zero attached hydrogens (tertiary/aromatic N) is 4. The van der Waals surface area contributed by atoms with Gasteiger partial charge in [0, 0.05) is 31.3 Å². The molecule has 0 fully saturated rings. The number of benzene rings is 1. The monoisotopic (exact) mass is 354 g/mol. The lowest BCUT2D eigenvalue weighted by molar-refractivity contribution is -0.116. The Balaban J connectivity index is 1.46. The van der Waals surface area contributed by atoms with Crippen molar-refractivity contribution in [3.05, 3.63) is 48.4 Å². The Kier molecular flexibility index (Phi) is 5.37. The number of tetrazole rings is 1. The molecular weight excluding hydrogens is 336 g/mol. The van der Waals surface area contributed by atoms with Gasteiger partial charge in [-0.2, -0.15) is 0 Å². The number of carbonyl (C=O) groups excluding carboxylic acids is 2. The number of amides is 2. The number of carbonyl (C=O) groups is 2. The van der Waals surface area contributed by atoms with Crippen LogP contribution in [-0.4, -0.2) is 38.6 Å². The number of hydrogen-bond acceptors (Lipinski definition) is 6. The molecule has 0 atom stereocenters. The van der Waals surface area contributed by atoms with Gasteiger partial charge in [0.05, 0.1) is 6.26 Å². The predicted octanol–water partition coefficient (Wildman–Crippen LogP) is 1.62. The summed E-state index contributed by atoms with van der Waals surface area (Å²) in [4.78, 5) is 23.8. The molecule has 0 bridgehead atoms. The molecule has 26 heavy (non-hydrogen) atoms. The van der Waals surface area contributed by atoms with Gasteiger partial charge in [-0.05, 0) is 41.1 Å². The van der Waals surface area contributed by atoms with Crippen LogP contribution in [0, 0.1) is 0 Å². The van der Waals surface area contributed by atoms with Crippen LogP contribution in [-0.2, 0) is 11.8 Å². The maximum atomic E-state index is 12.1. The molecule has 0 saturated carbocycles. The van der Waals surface area contributed by atoms with Crippen molar-refractivity contribution in [1.29, 1.82) is 0 Å². The first-order valence-electron chi connectivity index (χ1n) is 8.08. The van der Waals surface area contributed by atoms with Crippen LogP contribution in [0.3, 0.4) is 0 Å². The van der Waals surface area contributed by atoms with E-state index in [1.807, 2.05) is 18.2 Å². The average Bonchev–Trinajstić information content (AvgIpc) is 3.30. The SMILES string of the molecule is Cn1nnnc1-c1cccc(NC(=O)CCCNC(=O)c2ccco2)c1. The number of rotatable bonds is 7. The van der Waals surface area contributed by atoms with E-state index in [0.717, 1.165) is 5.56 Å². The minimum Gasteiger partial charge on any atom is -0.459 e. The molecule has 0 saturated heterocycles. The van der Waals surface area contributed by atoms with Crippen LogP contribution >= 0.6 is 0 Å². The third kappa shape index (κ3) is 4.32. The van der Waals surface area contributed by atoms with Crippen LogP contribution < -0.4 is 10.6 Å². The van der Waals surface area contributed by atoms with Crippen molar-refractivity contribution >= 4 is 17.5 Å². The summed E-state index contributed by atoms with van der Waals surface area (Å²) >= 11 is 0. The second-order valence-electron chi connectivity index (χ2n) is 5.59. The van der Waals surface area contributed by atoms with Crippen LogP contribution in [0.5, 0.6) is 0 Å². The fourth-order valence-electron chi connectivity index (χ4n) is 2.38. The summed E-state index contributed by atoms with van der Waals surface area (Å²) < 4.78 is 6.55. The normalized spacial score (nSPS) is 10.5. The van der Waals surface area contributed by atoms with E-state index in [0.29, 0.717) is 24.5 Å². The first-order chi connectivity index (χ1) is 12.6. The lowest BCUT2D eigenvalue weighted by Gasteiger charge is -2.07. The van der Waals surface area contributed by atoms with E-state index in [1.54, 1.807) is 29.9 Å². The largest absolute Gasteiger partial charge is 0.459 e. The van der Waals surface area contributed by atoms with Crippen LogP contribution in [0.25, 0.3) is 11.4 Å². The summed E-state index contributed by atoms with van der Waals surface area (Å²) in [7, 11) is 1.75. The number of furan rings is 1. The van der Waals surface area contributed by atoms with E-state index in [1.165, 1.54) is 6.26 Å². The number of nitrogens with one attached hydrogen (secondary N) is 2. The maximum Gasteiger partial charge on any atom is 0.286 e.